The molecule has 0 aliphatic carbocycles. The van der Waals surface area contributed by atoms with Crippen molar-refractivity contribution in [2.75, 3.05) is 25.0 Å². The normalized spacial score (nSPS) is 11.1. The van der Waals surface area contributed by atoms with E-state index < -0.39 is 0 Å². The molecule has 2 rings (SSSR count). The number of halogens is 3. The summed E-state index contributed by atoms with van der Waals surface area (Å²) in [7, 11) is 0. The number of anilines is 1. The Hall–Kier alpha value is -1.26. The highest BCUT2D eigenvalue weighted by atomic mass is 127. The zero-order valence-electron chi connectivity index (χ0n) is 16.3. The summed E-state index contributed by atoms with van der Waals surface area (Å²) in [5.74, 6) is 2.24. The molecule has 156 valence electrons. The van der Waals surface area contributed by atoms with E-state index in [0.717, 1.165) is 42.4 Å². The number of rotatable bonds is 9. The Bertz CT molecular complexity index is 747. The molecule has 0 fully saturated rings. The molecule has 0 saturated heterocycles. The van der Waals surface area contributed by atoms with Gasteiger partial charge in [0.05, 0.1) is 22.3 Å². The van der Waals surface area contributed by atoms with Crippen LogP contribution in [0.5, 0.6) is 0 Å². The van der Waals surface area contributed by atoms with Gasteiger partial charge >= 0.3 is 0 Å². The fourth-order valence-electron chi connectivity index (χ4n) is 2.52. The summed E-state index contributed by atoms with van der Waals surface area (Å²) in [6.45, 7) is 8.73. The van der Waals surface area contributed by atoms with Gasteiger partial charge in [-0.2, -0.15) is 0 Å². The van der Waals surface area contributed by atoms with Gasteiger partial charge in [-0.15, -0.1) is 24.0 Å². The molecule has 0 aliphatic rings. The number of hydrogen-bond acceptors (Lipinski definition) is 5. The van der Waals surface area contributed by atoms with E-state index in [0.29, 0.717) is 35.5 Å². The Morgan fingerprint density at radius 3 is 2.57 bits per heavy atom. The quantitative estimate of drug-likeness (QED) is 0.190. The number of aliphatic imine (C=N–C) groups is 1. The van der Waals surface area contributed by atoms with Crippen molar-refractivity contribution < 1.29 is 4.52 Å². The molecule has 7 nitrogen and oxygen atoms in total. The van der Waals surface area contributed by atoms with Crippen LogP contribution in [0, 0.1) is 0 Å². The predicted molar refractivity (Wildman–Crippen MR) is 126 cm³/mol. The third-order valence-corrected chi connectivity index (χ3v) is 4.36. The van der Waals surface area contributed by atoms with Crippen molar-refractivity contribution in [2.24, 2.45) is 4.99 Å². The first-order valence-corrected chi connectivity index (χ1v) is 9.87. The zero-order valence-corrected chi connectivity index (χ0v) is 20.2. The molecule has 0 radical (unpaired) electrons. The minimum atomic E-state index is 0. The molecule has 2 aromatic rings. The van der Waals surface area contributed by atoms with E-state index >= 15 is 0 Å². The van der Waals surface area contributed by atoms with Crippen molar-refractivity contribution in [1.29, 1.82) is 0 Å². The van der Waals surface area contributed by atoms with Gasteiger partial charge in [-0.25, -0.2) is 9.98 Å². The first kappa shape index (κ1) is 24.8. The Morgan fingerprint density at radius 1 is 1.14 bits per heavy atom. The SMILES string of the molecule is CCNC(=NCc1c(CC)noc1CC)NCCNc1ncc(Cl)cc1Cl.I. The van der Waals surface area contributed by atoms with E-state index in [2.05, 4.69) is 44.9 Å². The summed E-state index contributed by atoms with van der Waals surface area (Å²) < 4.78 is 5.40. The summed E-state index contributed by atoms with van der Waals surface area (Å²) in [5, 5.41) is 14.8. The molecule has 2 aromatic heterocycles. The number of guanidine groups is 1. The van der Waals surface area contributed by atoms with Crippen LogP contribution < -0.4 is 16.0 Å². The highest BCUT2D eigenvalue weighted by molar-refractivity contribution is 14.0. The average molecular weight is 541 g/mol. The van der Waals surface area contributed by atoms with Gasteiger partial charge in [0.2, 0.25) is 0 Å². The number of nitrogens with one attached hydrogen (secondary N) is 3. The van der Waals surface area contributed by atoms with E-state index in [1.165, 1.54) is 0 Å². The average Bonchev–Trinajstić information content (AvgIpc) is 3.06. The largest absolute Gasteiger partial charge is 0.367 e. The molecule has 0 bridgehead atoms. The molecule has 0 aliphatic heterocycles. The molecule has 0 aromatic carbocycles. The van der Waals surface area contributed by atoms with Crippen LogP contribution in [0.15, 0.2) is 21.8 Å². The van der Waals surface area contributed by atoms with Gasteiger partial charge in [-0.05, 0) is 19.4 Å². The van der Waals surface area contributed by atoms with Crippen molar-refractivity contribution in [3.05, 3.63) is 39.3 Å². The summed E-state index contributed by atoms with van der Waals surface area (Å²) in [6, 6.07) is 1.66. The molecule has 3 N–H and O–H groups in total. The number of aromatic nitrogens is 2. The van der Waals surface area contributed by atoms with E-state index in [1.54, 1.807) is 12.3 Å². The van der Waals surface area contributed by atoms with Crippen LogP contribution in [-0.4, -0.2) is 35.7 Å². The van der Waals surface area contributed by atoms with Gasteiger partial charge < -0.3 is 20.5 Å². The van der Waals surface area contributed by atoms with Gasteiger partial charge in [0.1, 0.15) is 11.6 Å². The second-order valence-electron chi connectivity index (χ2n) is 5.77. The van der Waals surface area contributed by atoms with E-state index in [4.69, 9.17) is 27.7 Å². The van der Waals surface area contributed by atoms with Crippen LogP contribution in [-0.2, 0) is 19.4 Å². The number of hydrogen-bond donors (Lipinski definition) is 3. The van der Waals surface area contributed by atoms with E-state index in [1.807, 2.05) is 6.92 Å². The smallest absolute Gasteiger partial charge is 0.191 e. The van der Waals surface area contributed by atoms with Crippen LogP contribution in [0.2, 0.25) is 10.0 Å². The zero-order chi connectivity index (χ0) is 19.6. The molecule has 0 atom stereocenters. The second-order valence-corrected chi connectivity index (χ2v) is 6.61. The van der Waals surface area contributed by atoms with E-state index in [9.17, 15) is 0 Å². The fraction of sp³-hybridized carbons (Fsp3) is 0.500. The van der Waals surface area contributed by atoms with Crippen LogP contribution in [0.25, 0.3) is 0 Å². The lowest BCUT2D eigenvalue weighted by atomic mass is 10.1. The molecule has 0 saturated carbocycles. The molecule has 2 heterocycles. The highest BCUT2D eigenvalue weighted by Crippen LogP contribution is 2.22. The minimum absolute atomic E-state index is 0. The van der Waals surface area contributed by atoms with Gasteiger partial charge in [0, 0.05) is 37.8 Å². The van der Waals surface area contributed by atoms with Crippen molar-refractivity contribution in [3.8, 4) is 0 Å². The summed E-state index contributed by atoms with van der Waals surface area (Å²) >= 11 is 12.0. The van der Waals surface area contributed by atoms with Crippen LogP contribution >= 0.6 is 47.2 Å². The molecule has 28 heavy (non-hydrogen) atoms. The molecular formula is C18H27Cl2IN6O. The molecular weight excluding hydrogens is 514 g/mol. The van der Waals surface area contributed by atoms with Crippen LogP contribution in [0.1, 0.15) is 37.8 Å². The summed E-state index contributed by atoms with van der Waals surface area (Å²) in [4.78, 5) is 8.83. The Kier molecular flexibility index (Phi) is 11.6. The summed E-state index contributed by atoms with van der Waals surface area (Å²) in [6.07, 6.45) is 3.20. The number of pyridine rings is 1. The topological polar surface area (TPSA) is 87.4 Å². The standard InChI is InChI=1S/C18H26Cl2N6O.HI/c1-4-15-13(16(5-2)27-26-15)11-25-18(21-6-3)23-8-7-22-17-14(20)9-12(19)10-24-17;/h9-10H,4-8,11H2,1-3H3,(H,22,24)(H2,21,23,25);1H. The summed E-state index contributed by atoms with van der Waals surface area (Å²) in [5.41, 5.74) is 2.05. The maximum atomic E-state index is 6.10. The van der Waals surface area contributed by atoms with Crippen LogP contribution in [0.4, 0.5) is 5.82 Å². The fourth-order valence-corrected chi connectivity index (χ4v) is 2.97. The first-order valence-electron chi connectivity index (χ1n) is 9.12. The van der Waals surface area contributed by atoms with Crippen molar-refractivity contribution >= 4 is 59.0 Å². The third kappa shape index (κ3) is 7.29. The Balaban J connectivity index is 0.00000392. The number of aryl methyl sites for hydroxylation is 2. The van der Waals surface area contributed by atoms with E-state index in [-0.39, 0.29) is 24.0 Å². The molecule has 10 heteroatoms. The lowest BCUT2D eigenvalue weighted by Crippen LogP contribution is -2.39. The molecule has 0 amide bonds. The maximum absolute atomic E-state index is 6.10. The molecule has 0 spiro atoms. The second kappa shape index (κ2) is 13.1. The van der Waals surface area contributed by atoms with Gasteiger partial charge in [0.25, 0.3) is 0 Å². The Morgan fingerprint density at radius 2 is 1.93 bits per heavy atom. The lowest BCUT2D eigenvalue weighted by Gasteiger charge is -2.12. The monoisotopic (exact) mass is 540 g/mol. The molecule has 0 unspecified atom stereocenters. The maximum Gasteiger partial charge on any atom is 0.191 e. The van der Waals surface area contributed by atoms with Crippen molar-refractivity contribution in [3.63, 3.8) is 0 Å². The lowest BCUT2D eigenvalue weighted by molar-refractivity contribution is 0.380. The predicted octanol–water partition coefficient (Wildman–Crippen LogP) is 4.29. The minimum Gasteiger partial charge on any atom is -0.367 e. The van der Waals surface area contributed by atoms with Gasteiger partial charge in [0.15, 0.2) is 5.96 Å². The van der Waals surface area contributed by atoms with Crippen LogP contribution in [0.3, 0.4) is 0 Å². The van der Waals surface area contributed by atoms with Gasteiger partial charge in [-0.3, -0.25) is 0 Å². The number of nitrogens with zero attached hydrogens (tertiary/aromatic N) is 3. The van der Waals surface area contributed by atoms with Crippen molar-refractivity contribution in [2.45, 2.75) is 40.2 Å². The highest BCUT2D eigenvalue weighted by Gasteiger charge is 2.13. The third-order valence-electron chi connectivity index (χ3n) is 3.86. The van der Waals surface area contributed by atoms with Crippen molar-refractivity contribution in [1.82, 2.24) is 20.8 Å². The Labute approximate surface area is 193 Å². The first-order chi connectivity index (χ1) is 13.1. The van der Waals surface area contributed by atoms with Gasteiger partial charge in [-0.1, -0.05) is 42.2 Å².